The molecule has 0 aromatic heterocycles. The molecule has 1 aromatic rings. The third-order valence-corrected chi connectivity index (χ3v) is 3.34. The Morgan fingerprint density at radius 1 is 1.14 bits per heavy atom. The largest absolute Gasteiger partial charge is 0.462 e. The van der Waals surface area contributed by atoms with Crippen LogP contribution in [0.3, 0.4) is 0 Å². The van der Waals surface area contributed by atoms with Crippen LogP contribution in [-0.4, -0.2) is 24.4 Å². The number of amides is 2. The maximum absolute atomic E-state index is 11.8. The lowest BCUT2D eigenvalue weighted by Gasteiger charge is -2.14. The Labute approximate surface area is 123 Å². The van der Waals surface area contributed by atoms with Crippen molar-refractivity contribution in [1.82, 2.24) is 0 Å². The van der Waals surface area contributed by atoms with Gasteiger partial charge in [0.2, 0.25) is 11.8 Å². The van der Waals surface area contributed by atoms with E-state index in [-0.39, 0.29) is 30.6 Å². The molecule has 1 aromatic carbocycles. The summed E-state index contributed by atoms with van der Waals surface area (Å²) in [5, 5.41) is 0. The first-order valence-corrected chi connectivity index (χ1v) is 7.12. The van der Waals surface area contributed by atoms with E-state index in [1.807, 2.05) is 0 Å². The van der Waals surface area contributed by atoms with Crippen LogP contribution in [0, 0.1) is 5.92 Å². The summed E-state index contributed by atoms with van der Waals surface area (Å²) in [4.78, 5) is 36.2. The van der Waals surface area contributed by atoms with Crippen LogP contribution >= 0.6 is 0 Å². The average Bonchev–Trinajstić information content (AvgIpc) is 2.78. The molecule has 5 nitrogen and oxygen atoms in total. The quantitative estimate of drug-likeness (QED) is 0.617. The van der Waals surface area contributed by atoms with E-state index in [1.165, 1.54) is 0 Å². The van der Waals surface area contributed by atoms with Gasteiger partial charge in [-0.2, -0.15) is 0 Å². The van der Waals surface area contributed by atoms with E-state index in [9.17, 15) is 14.4 Å². The average molecular weight is 289 g/mol. The molecule has 1 aliphatic heterocycles. The van der Waals surface area contributed by atoms with Gasteiger partial charge in [0.25, 0.3) is 0 Å². The van der Waals surface area contributed by atoms with Gasteiger partial charge in [0, 0.05) is 12.8 Å². The highest BCUT2D eigenvalue weighted by molar-refractivity contribution is 6.19. The lowest BCUT2D eigenvalue weighted by molar-refractivity contribution is -0.121. The van der Waals surface area contributed by atoms with E-state index >= 15 is 0 Å². The van der Waals surface area contributed by atoms with E-state index in [4.69, 9.17) is 4.74 Å². The highest BCUT2D eigenvalue weighted by Crippen LogP contribution is 2.22. The fraction of sp³-hybridized carbons (Fsp3) is 0.438. The SMILES string of the molecule is CC(C)CCOC(=O)c1ccc(N2C(=O)CCC2=O)cc1. The molecule has 112 valence electrons. The first-order valence-electron chi connectivity index (χ1n) is 7.12. The van der Waals surface area contributed by atoms with E-state index in [2.05, 4.69) is 13.8 Å². The number of hydrogen-bond acceptors (Lipinski definition) is 4. The van der Waals surface area contributed by atoms with Crippen LogP contribution in [0.1, 0.15) is 43.5 Å². The maximum atomic E-state index is 11.8. The molecule has 1 aliphatic rings. The van der Waals surface area contributed by atoms with Crippen molar-refractivity contribution in [1.29, 1.82) is 0 Å². The first kappa shape index (κ1) is 15.2. The molecule has 1 fully saturated rings. The second kappa shape index (κ2) is 6.52. The smallest absolute Gasteiger partial charge is 0.338 e. The number of hydrogen-bond donors (Lipinski definition) is 0. The number of nitrogens with zero attached hydrogens (tertiary/aromatic N) is 1. The lowest BCUT2D eigenvalue weighted by atomic mass is 10.1. The Balaban J connectivity index is 2.00. The summed E-state index contributed by atoms with van der Waals surface area (Å²) in [5.41, 5.74) is 0.919. The second-order valence-electron chi connectivity index (χ2n) is 5.49. The maximum Gasteiger partial charge on any atom is 0.338 e. The molecule has 0 N–H and O–H groups in total. The molecule has 0 unspecified atom stereocenters. The van der Waals surface area contributed by atoms with Gasteiger partial charge in [0.15, 0.2) is 0 Å². The van der Waals surface area contributed by atoms with Gasteiger partial charge in [-0.3, -0.25) is 14.5 Å². The Bertz CT molecular complexity index is 532. The molecule has 0 atom stereocenters. The molecule has 5 heteroatoms. The van der Waals surface area contributed by atoms with E-state index < -0.39 is 0 Å². The van der Waals surface area contributed by atoms with Crippen molar-refractivity contribution >= 4 is 23.5 Å². The molecule has 1 saturated heterocycles. The number of carbonyl (C=O) groups is 3. The third-order valence-electron chi connectivity index (χ3n) is 3.34. The summed E-state index contributed by atoms with van der Waals surface area (Å²) in [6, 6.07) is 6.35. The zero-order valence-electron chi connectivity index (χ0n) is 12.3. The molecule has 1 heterocycles. The Morgan fingerprint density at radius 2 is 1.71 bits per heavy atom. The van der Waals surface area contributed by atoms with Crippen molar-refractivity contribution < 1.29 is 19.1 Å². The number of ether oxygens (including phenoxy) is 1. The molecular weight excluding hydrogens is 270 g/mol. The van der Waals surface area contributed by atoms with Gasteiger partial charge >= 0.3 is 5.97 Å². The fourth-order valence-corrected chi connectivity index (χ4v) is 2.08. The highest BCUT2D eigenvalue weighted by Gasteiger charge is 2.30. The van der Waals surface area contributed by atoms with Crippen LogP contribution in [0.4, 0.5) is 5.69 Å². The van der Waals surface area contributed by atoms with Crippen molar-refractivity contribution in [2.75, 3.05) is 11.5 Å². The van der Waals surface area contributed by atoms with Crippen molar-refractivity contribution in [3.63, 3.8) is 0 Å². The monoisotopic (exact) mass is 289 g/mol. The van der Waals surface area contributed by atoms with E-state index in [1.54, 1.807) is 24.3 Å². The Kier molecular flexibility index (Phi) is 4.73. The molecule has 0 bridgehead atoms. The van der Waals surface area contributed by atoms with Crippen LogP contribution in [0.5, 0.6) is 0 Å². The van der Waals surface area contributed by atoms with Gasteiger partial charge in [-0.15, -0.1) is 0 Å². The molecule has 2 rings (SSSR count). The van der Waals surface area contributed by atoms with E-state index in [0.717, 1.165) is 11.3 Å². The zero-order chi connectivity index (χ0) is 15.4. The van der Waals surface area contributed by atoms with Crippen LogP contribution in [0.15, 0.2) is 24.3 Å². The molecule has 0 aliphatic carbocycles. The number of benzene rings is 1. The van der Waals surface area contributed by atoms with Crippen LogP contribution in [0.25, 0.3) is 0 Å². The number of anilines is 1. The van der Waals surface area contributed by atoms with Gasteiger partial charge in [0.05, 0.1) is 17.9 Å². The molecule has 21 heavy (non-hydrogen) atoms. The fourth-order valence-electron chi connectivity index (χ4n) is 2.08. The van der Waals surface area contributed by atoms with Crippen molar-refractivity contribution in [2.45, 2.75) is 33.1 Å². The molecular formula is C16H19NO4. The lowest BCUT2D eigenvalue weighted by Crippen LogP contribution is -2.28. The van der Waals surface area contributed by atoms with Gasteiger partial charge in [-0.25, -0.2) is 4.79 Å². The summed E-state index contributed by atoms with van der Waals surface area (Å²) >= 11 is 0. The number of imide groups is 1. The van der Waals surface area contributed by atoms with Gasteiger partial charge in [-0.1, -0.05) is 13.8 Å². The van der Waals surface area contributed by atoms with Crippen LogP contribution in [-0.2, 0) is 14.3 Å². The predicted molar refractivity (Wildman–Crippen MR) is 77.9 cm³/mol. The molecule has 0 spiro atoms. The zero-order valence-corrected chi connectivity index (χ0v) is 12.3. The van der Waals surface area contributed by atoms with Crippen LogP contribution in [0.2, 0.25) is 0 Å². The van der Waals surface area contributed by atoms with Gasteiger partial charge in [0.1, 0.15) is 0 Å². The third kappa shape index (κ3) is 3.68. The predicted octanol–water partition coefficient (Wildman–Crippen LogP) is 2.54. The van der Waals surface area contributed by atoms with Crippen molar-refractivity contribution in [3.05, 3.63) is 29.8 Å². The van der Waals surface area contributed by atoms with Crippen molar-refractivity contribution in [3.8, 4) is 0 Å². The van der Waals surface area contributed by atoms with Gasteiger partial charge in [-0.05, 0) is 36.6 Å². The summed E-state index contributed by atoms with van der Waals surface area (Å²) in [6.07, 6.45) is 1.32. The Hall–Kier alpha value is -2.17. The van der Waals surface area contributed by atoms with E-state index in [0.29, 0.717) is 23.8 Å². The molecule has 0 saturated carbocycles. The standard InChI is InChI=1S/C16H19NO4/c1-11(2)9-10-21-16(20)12-3-5-13(6-4-12)17-14(18)7-8-15(17)19/h3-6,11H,7-10H2,1-2H3. The normalized spacial score (nSPS) is 14.9. The molecule has 2 amide bonds. The number of carbonyl (C=O) groups excluding carboxylic acids is 3. The summed E-state index contributed by atoms with van der Waals surface area (Å²) in [6.45, 7) is 4.51. The summed E-state index contributed by atoms with van der Waals surface area (Å²) in [7, 11) is 0. The van der Waals surface area contributed by atoms with Crippen molar-refractivity contribution in [2.24, 2.45) is 5.92 Å². The molecule has 0 radical (unpaired) electrons. The van der Waals surface area contributed by atoms with Gasteiger partial charge < -0.3 is 4.74 Å². The highest BCUT2D eigenvalue weighted by atomic mass is 16.5. The van der Waals surface area contributed by atoms with Crippen LogP contribution < -0.4 is 4.90 Å². The topological polar surface area (TPSA) is 63.7 Å². The summed E-state index contributed by atoms with van der Waals surface area (Å²) in [5.74, 6) is -0.312. The second-order valence-corrected chi connectivity index (χ2v) is 5.49. The first-order chi connectivity index (χ1) is 9.99. The number of rotatable bonds is 5. The minimum absolute atomic E-state index is 0.202. The summed E-state index contributed by atoms with van der Waals surface area (Å²) < 4.78 is 5.16. The minimum Gasteiger partial charge on any atom is -0.462 e. The Morgan fingerprint density at radius 3 is 2.24 bits per heavy atom. The minimum atomic E-state index is -0.388. The number of esters is 1.